The highest BCUT2D eigenvalue weighted by atomic mass is 16.6. The van der Waals surface area contributed by atoms with E-state index in [2.05, 4.69) is 5.32 Å². The maximum atomic E-state index is 12.6. The summed E-state index contributed by atoms with van der Waals surface area (Å²) >= 11 is 0. The minimum Gasteiger partial charge on any atom is -0.480 e. The first-order valence-electron chi connectivity index (χ1n) is 7.73. The smallest absolute Gasteiger partial charge is 0.408 e. The van der Waals surface area contributed by atoms with Gasteiger partial charge in [-0.15, -0.1) is 0 Å². The first kappa shape index (κ1) is 16.6. The van der Waals surface area contributed by atoms with Gasteiger partial charge in [0.1, 0.15) is 17.7 Å². The van der Waals surface area contributed by atoms with E-state index in [0.29, 0.717) is 19.3 Å². The lowest BCUT2D eigenvalue weighted by Crippen LogP contribution is -2.62. The van der Waals surface area contributed by atoms with E-state index in [9.17, 15) is 19.5 Å². The van der Waals surface area contributed by atoms with Crippen molar-refractivity contribution in [3.05, 3.63) is 0 Å². The molecular weight excluding hydrogens is 288 g/mol. The summed E-state index contributed by atoms with van der Waals surface area (Å²) in [6, 6.07) is -1.51. The molecule has 0 radical (unpaired) electrons. The predicted molar refractivity (Wildman–Crippen MR) is 78.3 cm³/mol. The third-order valence-corrected chi connectivity index (χ3v) is 4.06. The summed E-state index contributed by atoms with van der Waals surface area (Å²) < 4.78 is 5.16. The van der Waals surface area contributed by atoms with Crippen molar-refractivity contribution in [2.75, 3.05) is 0 Å². The van der Waals surface area contributed by atoms with Crippen molar-refractivity contribution in [2.24, 2.45) is 0 Å². The fraction of sp³-hybridized carbons (Fsp3) is 0.800. The van der Waals surface area contributed by atoms with Gasteiger partial charge in [0.2, 0.25) is 5.91 Å². The molecular formula is C15H24N2O5. The fourth-order valence-corrected chi connectivity index (χ4v) is 3.19. The molecule has 7 nitrogen and oxygen atoms in total. The van der Waals surface area contributed by atoms with Gasteiger partial charge >= 0.3 is 12.1 Å². The molecule has 3 atom stereocenters. The first-order valence-corrected chi connectivity index (χ1v) is 7.73. The van der Waals surface area contributed by atoms with Crippen LogP contribution in [0.5, 0.6) is 0 Å². The molecule has 0 aromatic heterocycles. The highest BCUT2D eigenvalue weighted by Crippen LogP contribution is 2.31. The number of carboxylic acid groups (broad SMARTS) is 1. The molecule has 0 aliphatic carbocycles. The van der Waals surface area contributed by atoms with Crippen LogP contribution in [-0.2, 0) is 14.3 Å². The summed E-state index contributed by atoms with van der Waals surface area (Å²) in [5.41, 5.74) is -0.640. The minimum absolute atomic E-state index is 0.0287. The maximum Gasteiger partial charge on any atom is 0.408 e. The number of carbonyl (C=O) groups excluding carboxylic acids is 2. The summed E-state index contributed by atoms with van der Waals surface area (Å²) in [5, 5.41) is 11.9. The molecule has 2 aliphatic heterocycles. The number of aliphatic carboxylic acids is 1. The van der Waals surface area contributed by atoms with E-state index in [0.717, 1.165) is 12.8 Å². The monoisotopic (exact) mass is 312 g/mol. The minimum atomic E-state index is -0.976. The van der Waals surface area contributed by atoms with Crippen molar-refractivity contribution in [1.29, 1.82) is 0 Å². The van der Waals surface area contributed by atoms with E-state index in [1.165, 1.54) is 4.90 Å². The summed E-state index contributed by atoms with van der Waals surface area (Å²) in [6.07, 6.45) is 2.69. The van der Waals surface area contributed by atoms with Crippen LogP contribution in [0.25, 0.3) is 0 Å². The molecule has 7 heteroatoms. The van der Waals surface area contributed by atoms with Crippen molar-refractivity contribution < 1.29 is 24.2 Å². The molecule has 0 unspecified atom stereocenters. The van der Waals surface area contributed by atoms with Gasteiger partial charge in [0.15, 0.2) is 0 Å². The quantitative estimate of drug-likeness (QED) is 0.805. The molecule has 0 spiro atoms. The third-order valence-electron chi connectivity index (χ3n) is 4.06. The third kappa shape index (κ3) is 3.69. The number of carboxylic acids is 1. The molecule has 2 heterocycles. The molecule has 124 valence electrons. The molecule has 2 fully saturated rings. The Labute approximate surface area is 130 Å². The lowest BCUT2D eigenvalue weighted by atomic mass is 9.86. The normalized spacial score (nSPS) is 28.8. The van der Waals surface area contributed by atoms with Gasteiger partial charge < -0.3 is 20.1 Å². The van der Waals surface area contributed by atoms with Crippen LogP contribution in [0, 0.1) is 0 Å². The first-order chi connectivity index (χ1) is 10.2. The zero-order valence-electron chi connectivity index (χ0n) is 13.3. The number of nitrogens with zero attached hydrogens (tertiary/aromatic N) is 1. The number of ether oxygens (including phenoxy) is 1. The lowest BCUT2D eigenvalue weighted by Gasteiger charge is -2.45. The zero-order chi connectivity index (χ0) is 16.5. The highest BCUT2D eigenvalue weighted by Gasteiger charge is 2.44. The van der Waals surface area contributed by atoms with Crippen LogP contribution in [0.4, 0.5) is 4.79 Å². The van der Waals surface area contributed by atoms with Gasteiger partial charge in [-0.25, -0.2) is 9.59 Å². The van der Waals surface area contributed by atoms with Crippen LogP contribution in [0.3, 0.4) is 0 Å². The number of carbonyl (C=O) groups is 3. The van der Waals surface area contributed by atoms with Gasteiger partial charge in [0.25, 0.3) is 0 Å². The van der Waals surface area contributed by atoms with E-state index >= 15 is 0 Å². The summed E-state index contributed by atoms with van der Waals surface area (Å²) in [6.45, 7) is 5.24. The van der Waals surface area contributed by atoms with Crippen molar-refractivity contribution in [1.82, 2.24) is 10.2 Å². The second-order valence-corrected chi connectivity index (χ2v) is 6.96. The van der Waals surface area contributed by atoms with Gasteiger partial charge in [0.05, 0.1) is 0 Å². The molecule has 2 rings (SSSR count). The van der Waals surface area contributed by atoms with Gasteiger partial charge in [-0.2, -0.15) is 0 Å². The average Bonchev–Trinajstić information content (AvgIpc) is 2.39. The molecule has 2 N–H and O–H groups in total. The van der Waals surface area contributed by atoms with Crippen molar-refractivity contribution in [2.45, 2.75) is 76.6 Å². The number of amides is 2. The maximum absolute atomic E-state index is 12.6. The molecule has 22 heavy (non-hydrogen) atoms. The molecule has 0 saturated carbocycles. The Morgan fingerprint density at radius 1 is 1.23 bits per heavy atom. The summed E-state index contributed by atoms with van der Waals surface area (Å²) in [7, 11) is 0. The SMILES string of the molecule is CC(C)(C)OC(=O)N[C@H]1CC[C@H]2CCC[C@@H](C(=O)O)N2C1=O. The number of hydrogen-bond donors (Lipinski definition) is 2. The Kier molecular flexibility index (Phi) is 4.63. The van der Waals surface area contributed by atoms with Crippen molar-refractivity contribution in [3.8, 4) is 0 Å². The molecule has 2 saturated heterocycles. The number of nitrogens with one attached hydrogen (secondary N) is 1. The van der Waals surface area contributed by atoms with Crippen molar-refractivity contribution >= 4 is 18.0 Å². The van der Waals surface area contributed by atoms with Crippen LogP contribution in [0.15, 0.2) is 0 Å². The number of alkyl carbamates (subject to hydrolysis) is 1. The van der Waals surface area contributed by atoms with Gasteiger partial charge in [-0.3, -0.25) is 4.79 Å². The van der Waals surface area contributed by atoms with Gasteiger partial charge in [-0.05, 0) is 52.9 Å². The van der Waals surface area contributed by atoms with Crippen LogP contribution < -0.4 is 5.32 Å². The summed E-state index contributed by atoms with van der Waals surface area (Å²) in [5.74, 6) is -1.29. The van der Waals surface area contributed by atoms with Gasteiger partial charge in [0, 0.05) is 6.04 Å². The Bertz CT molecular complexity index is 471. The molecule has 0 aromatic rings. The number of fused-ring (bicyclic) bond motifs is 1. The zero-order valence-corrected chi connectivity index (χ0v) is 13.3. The predicted octanol–water partition coefficient (Wildman–Crippen LogP) is 1.51. The van der Waals surface area contributed by atoms with E-state index in [1.807, 2.05) is 0 Å². The van der Waals surface area contributed by atoms with E-state index in [4.69, 9.17) is 4.74 Å². The number of piperidine rings is 2. The van der Waals surface area contributed by atoms with Crippen LogP contribution in [0.1, 0.15) is 52.9 Å². The van der Waals surface area contributed by atoms with E-state index in [1.54, 1.807) is 20.8 Å². The Balaban J connectivity index is 2.05. The Morgan fingerprint density at radius 2 is 1.91 bits per heavy atom. The second-order valence-electron chi connectivity index (χ2n) is 6.96. The van der Waals surface area contributed by atoms with Crippen LogP contribution in [-0.4, -0.2) is 51.7 Å². The average molecular weight is 312 g/mol. The lowest BCUT2D eigenvalue weighted by molar-refractivity contribution is -0.158. The molecule has 0 aromatic carbocycles. The number of hydrogen-bond acceptors (Lipinski definition) is 4. The van der Waals surface area contributed by atoms with Gasteiger partial charge in [-0.1, -0.05) is 0 Å². The highest BCUT2D eigenvalue weighted by molar-refractivity contribution is 5.90. The topological polar surface area (TPSA) is 95.9 Å². The molecule has 2 aliphatic rings. The Morgan fingerprint density at radius 3 is 2.50 bits per heavy atom. The molecule has 0 bridgehead atoms. The fourth-order valence-electron chi connectivity index (χ4n) is 3.19. The van der Waals surface area contributed by atoms with Crippen LogP contribution >= 0.6 is 0 Å². The standard InChI is InChI=1S/C15H24N2O5/c1-15(2,3)22-14(21)16-10-8-7-9-5-4-6-11(13(19)20)17(9)12(10)18/h9-11H,4-8H2,1-3H3,(H,16,21)(H,19,20)/t9-,10+,11+/m1/s1. The largest absolute Gasteiger partial charge is 0.480 e. The van der Waals surface area contributed by atoms with E-state index in [-0.39, 0.29) is 11.9 Å². The second kappa shape index (κ2) is 6.14. The van der Waals surface area contributed by atoms with E-state index < -0.39 is 29.7 Å². The van der Waals surface area contributed by atoms with Crippen LogP contribution in [0.2, 0.25) is 0 Å². The number of rotatable bonds is 2. The Hall–Kier alpha value is -1.79. The summed E-state index contributed by atoms with van der Waals surface area (Å²) in [4.78, 5) is 37.2. The van der Waals surface area contributed by atoms with Crippen molar-refractivity contribution in [3.63, 3.8) is 0 Å². The molecule has 2 amide bonds.